The van der Waals surface area contributed by atoms with Gasteiger partial charge in [-0.25, -0.2) is 14.5 Å². The first kappa shape index (κ1) is 16.6. The Morgan fingerprint density at radius 1 is 1.19 bits per heavy atom. The van der Waals surface area contributed by atoms with Crippen LogP contribution in [0.2, 0.25) is 0 Å². The number of aromatic nitrogens is 5. The molecule has 3 aromatic heterocycles. The first-order valence-corrected chi connectivity index (χ1v) is 9.21. The molecule has 0 aliphatic rings. The highest BCUT2D eigenvalue weighted by molar-refractivity contribution is 7.18. The topological polar surface area (TPSA) is 85.1 Å². The van der Waals surface area contributed by atoms with Gasteiger partial charge in [-0.05, 0) is 31.0 Å². The molecule has 26 heavy (non-hydrogen) atoms. The van der Waals surface area contributed by atoms with Gasteiger partial charge in [-0.1, -0.05) is 26.0 Å². The van der Waals surface area contributed by atoms with Crippen molar-refractivity contribution in [3.8, 4) is 0 Å². The summed E-state index contributed by atoms with van der Waals surface area (Å²) in [6.07, 6.45) is 1.44. The normalized spacial score (nSPS) is 12.8. The largest absolute Gasteiger partial charge is 0.342 e. The van der Waals surface area contributed by atoms with Crippen LogP contribution in [0.25, 0.3) is 16.0 Å². The second-order valence-electron chi connectivity index (χ2n) is 6.41. The quantitative estimate of drug-likeness (QED) is 0.599. The van der Waals surface area contributed by atoms with E-state index in [0.717, 1.165) is 20.9 Å². The third-order valence-corrected chi connectivity index (χ3v) is 5.35. The van der Waals surface area contributed by atoms with Crippen LogP contribution in [0.15, 0.2) is 36.7 Å². The lowest BCUT2D eigenvalue weighted by molar-refractivity contribution is 0.0934. The fraction of sp³-hybridized carbons (Fsp3) is 0.278. The highest BCUT2D eigenvalue weighted by Gasteiger charge is 2.19. The number of nitrogens with one attached hydrogen (secondary N) is 1. The van der Waals surface area contributed by atoms with E-state index in [9.17, 15) is 4.79 Å². The van der Waals surface area contributed by atoms with Crippen molar-refractivity contribution < 1.29 is 4.79 Å². The minimum absolute atomic E-state index is 0.190. The van der Waals surface area contributed by atoms with E-state index in [1.54, 1.807) is 21.9 Å². The summed E-state index contributed by atoms with van der Waals surface area (Å²) in [6, 6.07) is 9.50. The Balaban J connectivity index is 1.62. The molecule has 1 atom stereocenters. The molecule has 0 unspecified atom stereocenters. The predicted molar refractivity (Wildman–Crippen MR) is 100 cm³/mol. The molecule has 0 bridgehead atoms. The minimum Gasteiger partial charge on any atom is -0.342 e. The molecular weight excluding hydrogens is 348 g/mol. The Bertz CT molecular complexity index is 1070. The maximum Gasteiger partial charge on any atom is 0.270 e. The summed E-state index contributed by atoms with van der Waals surface area (Å²) in [5.74, 6) is 0.369. The van der Waals surface area contributed by atoms with E-state index in [2.05, 4.69) is 25.4 Å². The molecule has 7 nitrogen and oxygen atoms in total. The lowest BCUT2D eigenvalue weighted by Crippen LogP contribution is -2.28. The maximum atomic E-state index is 12.7. The van der Waals surface area contributed by atoms with E-state index < -0.39 is 0 Å². The molecule has 0 spiro atoms. The molecule has 132 valence electrons. The van der Waals surface area contributed by atoms with Gasteiger partial charge in [0.2, 0.25) is 0 Å². The van der Waals surface area contributed by atoms with Crippen LogP contribution in [-0.2, 0) is 0 Å². The lowest BCUT2D eigenvalue weighted by atomic mass is 10.1. The van der Waals surface area contributed by atoms with Crippen molar-refractivity contribution in [1.82, 2.24) is 29.9 Å². The zero-order valence-corrected chi connectivity index (χ0v) is 15.5. The highest BCUT2D eigenvalue weighted by atomic mass is 32.1. The van der Waals surface area contributed by atoms with Gasteiger partial charge in [-0.3, -0.25) is 4.79 Å². The van der Waals surface area contributed by atoms with Gasteiger partial charge in [-0.15, -0.1) is 11.3 Å². The number of hydrogen-bond acceptors (Lipinski definition) is 6. The minimum atomic E-state index is -0.246. The van der Waals surface area contributed by atoms with Gasteiger partial charge in [-0.2, -0.15) is 10.1 Å². The van der Waals surface area contributed by atoms with Gasteiger partial charge >= 0.3 is 0 Å². The molecule has 4 rings (SSSR count). The van der Waals surface area contributed by atoms with E-state index in [-0.39, 0.29) is 17.9 Å². The second kappa shape index (κ2) is 6.45. The van der Waals surface area contributed by atoms with E-state index in [0.29, 0.717) is 11.5 Å². The summed E-state index contributed by atoms with van der Waals surface area (Å²) in [5.41, 5.74) is 2.17. The van der Waals surface area contributed by atoms with Gasteiger partial charge < -0.3 is 5.32 Å². The molecule has 0 aliphatic carbocycles. The van der Waals surface area contributed by atoms with Crippen LogP contribution in [0.3, 0.4) is 0 Å². The van der Waals surface area contributed by atoms with Crippen LogP contribution in [0.5, 0.6) is 0 Å². The number of nitrogens with zero attached hydrogens (tertiary/aromatic N) is 5. The third-order valence-electron chi connectivity index (χ3n) is 4.13. The molecule has 1 N–H and O–H groups in total. The van der Waals surface area contributed by atoms with E-state index in [1.807, 2.05) is 45.0 Å². The van der Waals surface area contributed by atoms with E-state index >= 15 is 0 Å². The number of benzene rings is 1. The fourth-order valence-corrected chi connectivity index (χ4v) is 3.74. The number of fused-ring (bicyclic) bond motifs is 2. The van der Waals surface area contributed by atoms with Crippen molar-refractivity contribution in [1.29, 1.82) is 0 Å². The lowest BCUT2D eigenvalue weighted by Gasteiger charge is -2.13. The highest BCUT2D eigenvalue weighted by Crippen LogP contribution is 2.26. The fourth-order valence-electron chi connectivity index (χ4n) is 2.77. The summed E-state index contributed by atoms with van der Waals surface area (Å²) in [5, 5.41) is 8.03. The zero-order chi connectivity index (χ0) is 18.3. The van der Waals surface area contributed by atoms with Gasteiger partial charge in [0.1, 0.15) is 17.0 Å². The summed E-state index contributed by atoms with van der Waals surface area (Å²) in [7, 11) is 0. The molecule has 0 saturated carbocycles. The third kappa shape index (κ3) is 2.92. The monoisotopic (exact) mass is 366 g/mol. The van der Waals surface area contributed by atoms with Gasteiger partial charge in [0.15, 0.2) is 0 Å². The molecule has 1 aromatic carbocycles. The van der Waals surface area contributed by atoms with Crippen LogP contribution >= 0.6 is 11.3 Å². The standard InChI is InChI=1S/C18H18N6OS/c1-10(2)14-8-13(23-18-19-9-20-24(14)18)16(25)21-11(3)17-22-12-6-4-5-7-15(12)26-17/h4-11H,1-3H3,(H,21,25)/t11-/m1/s1. The summed E-state index contributed by atoms with van der Waals surface area (Å²) < 4.78 is 2.77. The van der Waals surface area contributed by atoms with Gasteiger partial charge in [0.05, 0.1) is 22.0 Å². The van der Waals surface area contributed by atoms with Crippen LogP contribution < -0.4 is 5.32 Å². The average molecular weight is 366 g/mol. The van der Waals surface area contributed by atoms with Gasteiger partial charge in [0, 0.05) is 0 Å². The van der Waals surface area contributed by atoms with Crippen LogP contribution in [0.4, 0.5) is 0 Å². The van der Waals surface area contributed by atoms with Crippen molar-refractivity contribution >= 4 is 33.2 Å². The molecule has 0 fully saturated rings. The number of amides is 1. The predicted octanol–water partition coefficient (Wildman–Crippen LogP) is 3.35. The van der Waals surface area contributed by atoms with E-state index in [4.69, 9.17) is 0 Å². The number of carbonyl (C=O) groups is 1. The van der Waals surface area contributed by atoms with Crippen molar-refractivity contribution in [3.05, 3.63) is 53.1 Å². The molecule has 8 heteroatoms. The van der Waals surface area contributed by atoms with Crippen molar-refractivity contribution in [2.24, 2.45) is 0 Å². The molecule has 0 radical (unpaired) electrons. The number of hydrogen-bond donors (Lipinski definition) is 1. The first-order valence-electron chi connectivity index (χ1n) is 8.40. The summed E-state index contributed by atoms with van der Waals surface area (Å²) in [4.78, 5) is 25.8. The van der Waals surface area contributed by atoms with Gasteiger partial charge in [0.25, 0.3) is 11.7 Å². The summed E-state index contributed by atoms with van der Waals surface area (Å²) in [6.45, 7) is 6.01. The second-order valence-corrected chi connectivity index (χ2v) is 7.47. The molecule has 3 heterocycles. The first-order chi connectivity index (χ1) is 12.5. The van der Waals surface area contributed by atoms with Crippen LogP contribution in [0.1, 0.15) is 53.9 Å². The number of carbonyl (C=O) groups excluding carboxylic acids is 1. The zero-order valence-electron chi connectivity index (χ0n) is 14.7. The van der Waals surface area contributed by atoms with Crippen LogP contribution in [-0.4, -0.2) is 30.5 Å². The Labute approximate surface area is 154 Å². The Morgan fingerprint density at radius 2 is 2.00 bits per heavy atom. The number of rotatable bonds is 4. The molecule has 1 amide bonds. The Morgan fingerprint density at radius 3 is 2.77 bits per heavy atom. The number of para-hydroxylation sites is 1. The molecule has 0 aliphatic heterocycles. The van der Waals surface area contributed by atoms with Crippen molar-refractivity contribution in [2.45, 2.75) is 32.7 Å². The Hall–Kier alpha value is -2.87. The Kier molecular flexibility index (Phi) is 4.12. The van der Waals surface area contributed by atoms with Crippen molar-refractivity contribution in [3.63, 3.8) is 0 Å². The maximum absolute atomic E-state index is 12.7. The SMILES string of the molecule is CC(C)c1cc(C(=O)N[C@H](C)c2nc3ccccc3s2)nc2ncnn12. The molecular formula is C18H18N6OS. The summed E-state index contributed by atoms with van der Waals surface area (Å²) >= 11 is 1.58. The van der Waals surface area contributed by atoms with Crippen molar-refractivity contribution in [2.75, 3.05) is 0 Å². The number of thiazole rings is 1. The van der Waals surface area contributed by atoms with Crippen LogP contribution in [0, 0.1) is 0 Å². The smallest absolute Gasteiger partial charge is 0.270 e. The average Bonchev–Trinajstić information content (AvgIpc) is 3.26. The molecule has 4 aromatic rings. The van der Waals surface area contributed by atoms with E-state index in [1.165, 1.54) is 6.33 Å². The molecule has 0 saturated heterocycles.